The summed E-state index contributed by atoms with van der Waals surface area (Å²) in [7, 11) is 1.62. The molecule has 5 heteroatoms. The van der Waals surface area contributed by atoms with Gasteiger partial charge >= 0.3 is 0 Å². The zero-order valence-corrected chi connectivity index (χ0v) is 21.5. The van der Waals surface area contributed by atoms with Crippen molar-refractivity contribution in [2.45, 2.75) is 85.5 Å². The van der Waals surface area contributed by atoms with E-state index in [-0.39, 0.29) is 22.4 Å². The molecule has 34 heavy (non-hydrogen) atoms. The quantitative estimate of drug-likeness (QED) is 0.420. The molecule has 0 saturated heterocycles. The monoisotopic (exact) mass is 466 g/mol. The molecule has 3 aliphatic rings. The van der Waals surface area contributed by atoms with E-state index in [0.29, 0.717) is 54.9 Å². The van der Waals surface area contributed by atoms with E-state index >= 15 is 0 Å². The number of ether oxygens (including phenoxy) is 3. The maximum atomic E-state index is 13.4. The van der Waals surface area contributed by atoms with Gasteiger partial charge in [0, 0.05) is 42.7 Å². The Labute approximate surface area is 203 Å². The zero-order valence-electron chi connectivity index (χ0n) is 21.5. The summed E-state index contributed by atoms with van der Waals surface area (Å²) >= 11 is 0. The lowest BCUT2D eigenvalue weighted by Gasteiger charge is -2.42. The first-order chi connectivity index (χ1) is 16.0. The Hall–Kier alpha value is -2.56. The molecular weight excluding hydrogens is 428 g/mol. The van der Waals surface area contributed by atoms with Crippen molar-refractivity contribution in [3.63, 3.8) is 0 Å². The van der Waals surface area contributed by atoms with Crippen molar-refractivity contribution >= 4 is 11.6 Å². The summed E-state index contributed by atoms with van der Waals surface area (Å²) in [5.41, 5.74) is 1.83. The van der Waals surface area contributed by atoms with Gasteiger partial charge in [-0.05, 0) is 34.9 Å². The number of carbonyl (C=O) groups is 2. The Kier molecular flexibility index (Phi) is 6.67. The number of Topliss-reactive ketones (excluding diaryl/α,β-unsaturated/α-hetero) is 2. The highest BCUT2D eigenvalue weighted by molar-refractivity contribution is 6.06. The van der Waals surface area contributed by atoms with Crippen molar-refractivity contribution < 1.29 is 23.8 Å². The molecule has 0 amide bonds. The molecule has 1 heterocycles. The minimum Gasteiger partial charge on any atom is -0.493 e. The molecule has 0 spiro atoms. The lowest BCUT2D eigenvalue weighted by molar-refractivity contribution is -0.120. The van der Waals surface area contributed by atoms with Crippen LogP contribution in [0.15, 0.2) is 40.9 Å². The van der Waals surface area contributed by atoms with E-state index in [1.807, 2.05) is 18.2 Å². The van der Waals surface area contributed by atoms with Crippen LogP contribution >= 0.6 is 0 Å². The number of methoxy groups -OCH3 is 1. The number of hydrogen-bond acceptors (Lipinski definition) is 5. The zero-order chi connectivity index (χ0) is 24.7. The minimum absolute atomic E-state index is 0.0688. The van der Waals surface area contributed by atoms with Crippen LogP contribution in [0.1, 0.15) is 91.0 Å². The second-order valence-electron chi connectivity index (χ2n) is 11.6. The number of rotatable bonds is 7. The lowest BCUT2D eigenvalue weighted by atomic mass is 9.65. The molecule has 0 saturated carbocycles. The standard InChI is InChI=1S/C29H38O5/c1-7-8-9-12-33-21-11-10-18(13-22(21)32-6)25-26-19(30)14-28(2,3)16-23(26)34-24-17-29(4,5)15-20(31)27(24)25/h10-11,13,25H,7-9,12,14-17H2,1-6H3. The van der Waals surface area contributed by atoms with Crippen LogP contribution in [0, 0.1) is 10.8 Å². The van der Waals surface area contributed by atoms with Crippen LogP contribution in [0.4, 0.5) is 0 Å². The molecule has 184 valence electrons. The predicted molar refractivity (Wildman–Crippen MR) is 132 cm³/mol. The van der Waals surface area contributed by atoms with Gasteiger partial charge in [0.25, 0.3) is 0 Å². The summed E-state index contributed by atoms with van der Waals surface area (Å²) in [6, 6.07) is 5.81. The molecule has 0 aromatic heterocycles. The van der Waals surface area contributed by atoms with Crippen molar-refractivity contribution in [1.29, 1.82) is 0 Å². The average Bonchev–Trinajstić information content (AvgIpc) is 2.73. The van der Waals surface area contributed by atoms with Gasteiger partial charge in [0.15, 0.2) is 23.1 Å². The fraction of sp³-hybridized carbons (Fsp3) is 0.586. The lowest BCUT2D eigenvalue weighted by Crippen LogP contribution is -2.37. The molecule has 0 radical (unpaired) electrons. The number of benzene rings is 1. The van der Waals surface area contributed by atoms with Crippen LogP contribution in [0.2, 0.25) is 0 Å². The van der Waals surface area contributed by atoms with Gasteiger partial charge in [0.2, 0.25) is 0 Å². The molecule has 0 atom stereocenters. The summed E-state index contributed by atoms with van der Waals surface area (Å²) in [6.45, 7) is 11.2. The molecule has 1 aromatic carbocycles. The summed E-state index contributed by atoms with van der Waals surface area (Å²) in [6.07, 6.45) is 5.51. The van der Waals surface area contributed by atoms with Crippen LogP contribution < -0.4 is 9.47 Å². The van der Waals surface area contributed by atoms with Gasteiger partial charge in [0.05, 0.1) is 13.7 Å². The number of unbranched alkanes of at least 4 members (excludes halogenated alkanes) is 2. The molecule has 0 unspecified atom stereocenters. The number of ketones is 2. The van der Waals surface area contributed by atoms with E-state index in [0.717, 1.165) is 36.3 Å². The van der Waals surface area contributed by atoms with Crippen LogP contribution in [-0.4, -0.2) is 25.3 Å². The average molecular weight is 467 g/mol. The van der Waals surface area contributed by atoms with Crippen molar-refractivity contribution in [2.24, 2.45) is 10.8 Å². The smallest absolute Gasteiger partial charge is 0.163 e. The van der Waals surface area contributed by atoms with Gasteiger partial charge in [-0.15, -0.1) is 0 Å². The van der Waals surface area contributed by atoms with Crippen LogP contribution in [-0.2, 0) is 14.3 Å². The SMILES string of the molecule is CCCCCOc1ccc(C2C3=C(CC(C)(C)CC3=O)OC3=C2C(=O)CC(C)(C)C3)cc1OC. The van der Waals surface area contributed by atoms with Crippen molar-refractivity contribution in [3.8, 4) is 11.5 Å². The van der Waals surface area contributed by atoms with Gasteiger partial charge < -0.3 is 14.2 Å². The summed E-state index contributed by atoms with van der Waals surface area (Å²) in [5.74, 6) is 2.48. The summed E-state index contributed by atoms with van der Waals surface area (Å²) in [4.78, 5) is 26.9. The molecule has 0 bridgehead atoms. The fourth-order valence-corrected chi connectivity index (χ4v) is 5.53. The largest absolute Gasteiger partial charge is 0.493 e. The summed E-state index contributed by atoms with van der Waals surface area (Å²) in [5, 5.41) is 0. The highest BCUT2D eigenvalue weighted by Gasteiger charge is 2.47. The van der Waals surface area contributed by atoms with Crippen LogP contribution in [0.3, 0.4) is 0 Å². The maximum Gasteiger partial charge on any atom is 0.163 e. The highest BCUT2D eigenvalue weighted by Crippen LogP contribution is 2.53. The Morgan fingerprint density at radius 3 is 2.00 bits per heavy atom. The third-order valence-electron chi connectivity index (χ3n) is 7.11. The van der Waals surface area contributed by atoms with E-state index in [9.17, 15) is 9.59 Å². The van der Waals surface area contributed by atoms with E-state index in [1.165, 1.54) is 0 Å². The minimum atomic E-state index is -0.422. The molecule has 5 nitrogen and oxygen atoms in total. The third-order valence-corrected chi connectivity index (χ3v) is 7.11. The predicted octanol–water partition coefficient (Wildman–Crippen LogP) is 6.66. The summed E-state index contributed by atoms with van der Waals surface area (Å²) < 4.78 is 18.0. The number of hydrogen-bond donors (Lipinski definition) is 0. The molecule has 0 N–H and O–H groups in total. The Bertz CT molecular complexity index is 1000. The van der Waals surface area contributed by atoms with Crippen molar-refractivity contribution in [3.05, 3.63) is 46.4 Å². The Balaban J connectivity index is 1.78. The number of allylic oxidation sites excluding steroid dienone is 4. The first-order valence-corrected chi connectivity index (χ1v) is 12.6. The van der Waals surface area contributed by atoms with E-state index in [1.54, 1.807) is 7.11 Å². The van der Waals surface area contributed by atoms with Crippen molar-refractivity contribution in [1.82, 2.24) is 0 Å². The topological polar surface area (TPSA) is 61.8 Å². The number of carbonyl (C=O) groups excluding carboxylic acids is 2. The highest BCUT2D eigenvalue weighted by atomic mass is 16.5. The van der Waals surface area contributed by atoms with Gasteiger partial charge in [-0.1, -0.05) is 53.5 Å². The normalized spacial score (nSPS) is 21.7. The van der Waals surface area contributed by atoms with Gasteiger partial charge in [-0.25, -0.2) is 0 Å². The van der Waals surface area contributed by atoms with Gasteiger partial charge in [0.1, 0.15) is 11.5 Å². The van der Waals surface area contributed by atoms with Crippen molar-refractivity contribution in [2.75, 3.05) is 13.7 Å². The Morgan fingerprint density at radius 1 is 0.882 bits per heavy atom. The second kappa shape index (κ2) is 9.24. The maximum absolute atomic E-state index is 13.4. The molecule has 1 aromatic rings. The first kappa shape index (κ1) is 24.6. The molecule has 0 fully saturated rings. The van der Waals surface area contributed by atoms with E-state index in [4.69, 9.17) is 14.2 Å². The molecule has 4 rings (SSSR count). The molecular formula is C29H38O5. The van der Waals surface area contributed by atoms with Crippen LogP contribution in [0.5, 0.6) is 11.5 Å². The van der Waals surface area contributed by atoms with E-state index < -0.39 is 5.92 Å². The second-order valence-corrected chi connectivity index (χ2v) is 11.6. The molecule has 1 aliphatic heterocycles. The van der Waals surface area contributed by atoms with Gasteiger partial charge in [-0.3, -0.25) is 9.59 Å². The van der Waals surface area contributed by atoms with Crippen LogP contribution in [0.25, 0.3) is 0 Å². The van der Waals surface area contributed by atoms with E-state index in [2.05, 4.69) is 34.6 Å². The van der Waals surface area contributed by atoms with Gasteiger partial charge in [-0.2, -0.15) is 0 Å². The molecule has 2 aliphatic carbocycles. The third kappa shape index (κ3) is 4.80. The fourth-order valence-electron chi connectivity index (χ4n) is 5.53. The Morgan fingerprint density at radius 2 is 1.47 bits per heavy atom. The first-order valence-electron chi connectivity index (χ1n) is 12.6.